The van der Waals surface area contributed by atoms with Crippen molar-refractivity contribution in [2.45, 2.75) is 12.1 Å². The highest BCUT2D eigenvalue weighted by molar-refractivity contribution is 7.86. The molecule has 9 heteroatoms. The second-order valence-electron chi connectivity index (χ2n) is 3.85. The van der Waals surface area contributed by atoms with E-state index in [0.29, 0.717) is 6.61 Å². The van der Waals surface area contributed by atoms with E-state index in [1.165, 1.54) is 0 Å². The molecule has 0 radical (unpaired) electrons. The molecular formula is C12H12F3NO4S. The maximum atomic E-state index is 10.7. The van der Waals surface area contributed by atoms with E-state index in [0.717, 1.165) is 16.5 Å². The van der Waals surface area contributed by atoms with Crippen molar-refractivity contribution in [1.29, 1.82) is 0 Å². The van der Waals surface area contributed by atoms with Crippen LogP contribution in [0.1, 0.15) is 5.56 Å². The van der Waals surface area contributed by atoms with E-state index in [2.05, 4.69) is 17.1 Å². The molecule has 21 heavy (non-hydrogen) atoms. The monoisotopic (exact) mass is 323 g/mol. The molecule has 2 aromatic rings. The Kier molecular flexibility index (Phi) is 5.64. The number of fused-ring (bicyclic) bond motifs is 1. The number of halogens is 3. The Labute approximate surface area is 119 Å². The number of pyridine rings is 1. The van der Waals surface area contributed by atoms with Gasteiger partial charge in [-0.3, -0.25) is 9.54 Å². The lowest BCUT2D eigenvalue weighted by molar-refractivity contribution is -0.0510. The molecule has 0 spiro atoms. The van der Waals surface area contributed by atoms with E-state index in [1.54, 1.807) is 7.11 Å². The largest absolute Gasteiger partial charge is 0.522 e. The predicted molar refractivity (Wildman–Crippen MR) is 70.1 cm³/mol. The van der Waals surface area contributed by atoms with E-state index in [1.807, 2.05) is 24.4 Å². The van der Waals surface area contributed by atoms with Gasteiger partial charge < -0.3 is 4.74 Å². The Bertz CT molecular complexity index is 696. The van der Waals surface area contributed by atoms with Crippen LogP contribution < -0.4 is 0 Å². The lowest BCUT2D eigenvalue weighted by Crippen LogP contribution is -2.21. The molecule has 0 aliphatic rings. The maximum absolute atomic E-state index is 10.7. The molecular weight excluding hydrogens is 311 g/mol. The number of alkyl halides is 3. The molecule has 0 amide bonds. The smallest absolute Gasteiger partial charge is 0.380 e. The number of methoxy groups -OCH3 is 1. The SMILES string of the molecule is COCc1cccc2cccnc12.O=S(=O)(O)C(F)(F)F. The molecule has 0 aliphatic heterocycles. The van der Waals surface area contributed by atoms with E-state index in [-0.39, 0.29) is 0 Å². The van der Waals surface area contributed by atoms with Crippen LogP contribution in [0.4, 0.5) is 13.2 Å². The number of para-hydroxylation sites is 1. The standard InChI is InChI=1S/C11H11NO.CHF3O3S/c1-13-8-10-5-2-4-9-6-3-7-12-11(9)10;2-1(3,4)8(5,6)7/h2-7H,8H2,1H3;(H,5,6,7). The van der Waals surface area contributed by atoms with E-state index >= 15 is 0 Å². The molecule has 0 aliphatic carbocycles. The van der Waals surface area contributed by atoms with Crippen LogP contribution >= 0.6 is 0 Å². The van der Waals surface area contributed by atoms with Crippen LogP contribution in [-0.2, 0) is 21.5 Å². The summed E-state index contributed by atoms with van der Waals surface area (Å²) in [5.74, 6) is 0. The highest BCUT2D eigenvalue weighted by Gasteiger charge is 2.44. The molecule has 1 N–H and O–H groups in total. The molecule has 0 unspecified atom stereocenters. The van der Waals surface area contributed by atoms with Crippen LogP contribution in [-0.4, -0.2) is 30.6 Å². The zero-order valence-electron chi connectivity index (χ0n) is 10.8. The predicted octanol–water partition coefficient (Wildman–Crippen LogP) is 2.78. The van der Waals surface area contributed by atoms with Gasteiger partial charge in [0.05, 0.1) is 12.1 Å². The van der Waals surface area contributed by atoms with Gasteiger partial charge in [-0.2, -0.15) is 21.6 Å². The number of rotatable bonds is 2. The highest BCUT2D eigenvalue weighted by Crippen LogP contribution is 2.20. The van der Waals surface area contributed by atoms with Crippen LogP contribution in [0.5, 0.6) is 0 Å². The Hall–Kier alpha value is -1.71. The van der Waals surface area contributed by atoms with Gasteiger partial charge in [0, 0.05) is 24.3 Å². The highest BCUT2D eigenvalue weighted by atomic mass is 32.2. The summed E-state index contributed by atoms with van der Waals surface area (Å²) in [4.78, 5) is 4.32. The molecule has 5 nitrogen and oxygen atoms in total. The fraction of sp³-hybridized carbons (Fsp3) is 0.250. The van der Waals surface area contributed by atoms with Gasteiger partial charge in [-0.05, 0) is 6.07 Å². The van der Waals surface area contributed by atoms with Crippen LogP contribution in [0.2, 0.25) is 0 Å². The number of ether oxygens (including phenoxy) is 1. The van der Waals surface area contributed by atoms with Gasteiger partial charge in [-0.1, -0.05) is 24.3 Å². The molecule has 1 heterocycles. The summed E-state index contributed by atoms with van der Waals surface area (Å²) in [6.45, 7) is 0.619. The average molecular weight is 323 g/mol. The number of aromatic nitrogens is 1. The van der Waals surface area contributed by atoms with Crippen molar-refractivity contribution >= 4 is 21.0 Å². The van der Waals surface area contributed by atoms with Gasteiger partial charge in [0.15, 0.2) is 0 Å². The molecule has 0 bridgehead atoms. The Morgan fingerprint density at radius 2 is 1.81 bits per heavy atom. The average Bonchev–Trinajstić information content (AvgIpc) is 2.38. The number of nitrogens with zero attached hydrogens (tertiary/aromatic N) is 1. The first-order chi connectivity index (χ1) is 9.67. The van der Waals surface area contributed by atoms with Crippen LogP contribution in [0, 0.1) is 0 Å². The lowest BCUT2D eigenvalue weighted by Gasteiger charge is -2.03. The quantitative estimate of drug-likeness (QED) is 0.679. The van der Waals surface area contributed by atoms with Crippen molar-refractivity contribution < 1.29 is 30.9 Å². The summed E-state index contributed by atoms with van der Waals surface area (Å²) in [7, 11) is -4.14. The third-order valence-corrected chi connectivity index (χ3v) is 2.89. The summed E-state index contributed by atoms with van der Waals surface area (Å²) in [5, 5.41) is 1.16. The van der Waals surface area contributed by atoms with Crippen molar-refractivity contribution in [2.75, 3.05) is 7.11 Å². The van der Waals surface area contributed by atoms with Crippen molar-refractivity contribution in [3.05, 3.63) is 42.1 Å². The van der Waals surface area contributed by atoms with Crippen molar-refractivity contribution in [2.24, 2.45) is 0 Å². The molecule has 1 aromatic heterocycles. The van der Waals surface area contributed by atoms with Crippen molar-refractivity contribution in [3.8, 4) is 0 Å². The molecule has 116 valence electrons. The second-order valence-corrected chi connectivity index (χ2v) is 5.26. The van der Waals surface area contributed by atoms with Crippen molar-refractivity contribution in [3.63, 3.8) is 0 Å². The third kappa shape index (κ3) is 4.96. The summed E-state index contributed by atoms with van der Waals surface area (Å²) < 4.78 is 62.6. The number of hydrogen-bond acceptors (Lipinski definition) is 4. The normalized spacial score (nSPS) is 11.9. The minimum atomic E-state index is -5.84. The first-order valence-corrected chi connectivity index (χ1v) is 6.96. The first-order valence-electron chi connectivity index (χ1n) is 5.52. The lowest BCUT2D eigenvalue weighted by atomic mass is 10.1. The minimum absolute atomic E-state index is 0.619. The Morgan fingerprint density at radius 3 is 2.33 bits per heavy atom. The first kappa shape index (κ1) is 17.3. The number of hydrogen-bond donors (Lipinski definition) is 1. The molecule has 1 aromatic carbocycles. The Balaban J connectivity index is 0.000000240. The van der Waals surface area contributed by atoms with E-state index < -0.39 is 15.6 Å². The second kappa shape index (κ2) is 6.83. The van der Waals surface area contributed by atoms with Gasteiger partial charge in [0.1, 0.15) is 0 Å². The topological polar surface area (TPSA) is 76.5 Å². The van der Waals surface area contributed by atoms with Crippen LogP contribution in [0.3, 0.4) is 0 Å². The summed E-state index contributed by atoms with van der Waals surface area (Å²) >= 11 is 0. The third-order valence-electron chi connectivity index (χ3n) is 2.31. The van der Waals surface area contributed by atoms with E-state index in [4.69, 9.17) is 17.7 Å². The summed E-state index contributed by atoms with van der Waals surface area (Å²) in [6, 6.07) is 10.1. The van der Waals surface area contributed by atoms with Gasteiger partial charge in [-0.15, -0.1) is 0 Å². The van der Waals surface area contributed by atoms with Gasteiger partial charge in [0.2, 0.25) is 0 Å². The molecule has 0 saturated carbocycles. The zero-order chi connectivity index (χ0) is 16.1. The Morgan fingerprint density at radius 1 is 1.24 bits per heavy atom. The molecule has 0 atom stereocenters. The zero-order valence-corrected chi connectivity index (χ0v) is 11.6. The maximum Gasteiger partial charge on any atom is 0.522 e. The van der Waals surface area contributed by atoms with Gasteiger partial charge in [-0.25, -0.2) is 0 Å². The molecule has 2 rings (SSSR count). The summed E-state index contributed by atoms with van der Waals surface area (Å²) in [6.07, 6.45) is 1.81. The fourth-order valence-corrected chi connectivity index (χ4v) is 1.44. The van der Waals surface area contributed by atoms with E-state index in [9.17, 15) is 13.2 Å². The van der Waals surface area contributed by atoms with Gasteiger partial charge in [0.25, 0.3) is 0 Å². The summed E-state index contributed by atoms with van der Waals surface area (Å²) in [5.41, 5.74) is -3.36. The minimum Gasteiger partial charge on any atom is -0.380 e. The number of benzene rings is 1. The molecule has 0 fully saturated rings. The fourth-order valence-electron chi connectivity index (χ4n) is 1.44. The molecule has 0 saturated heterocycles. The van der Waals surface area contributed by atoms with Crippen molar-refractivity contribution in [1.82, 2.24) is 4.98 Å². The van der Waals surface area contributed by atoms with Crippen LogP contribution in [0.15, 0.2) is 36.5 Å². The van der Waals surface area contributed by atoms with Crippen LogP contribution in [0.25, 0.3) is 10.9 Å². The van der Waals surface area contributed by atoms with Gasteiger partial charge >= 0.3 is 15.6 Å².